The maximum atomic E-state index is 2.52. The van der Waals surface area contributed by atoms with Crippen molar-refractivity contribution in [3.8, 4) is 89.0 Å². The Labute approximate surface area is 399 Å². The fraction of sp³-hybridized carbons (Fsp3) is 0.0588. The Kier molecular flexibility index (Phi) is 10.2. The van der Waals surface area contributed by atoms with E-state index in [2.05, 4.69) is 258 Å². The van der Waals surface area contributed by atoms with E-state index in [1.165, 1.54) is 144 Å². The van der Waals surface area contributed by atoms with Crippen LogP contribution < -0.4 is 0 Å². The summed E-state index contributed by atoms with van der Waals surface area (Å²) in [5.41, 5.74) is 24.9. The van der Waals surface area contributed by atoms with Gasteiger partial charge in [-0.25, -0.2) is 0 Å². The molecule has 0 saturated carbocycles. The van der Waals surface area contributed by atoms with Gasteiger partial charge in [-0.2, -0.15) is 0 Å². The molecule has 0 fully saturated rings. The summed E-state index contributed by atoms with van der Waals surface area (Å²) in [5, 5.41) is 7.62. The molecule has 12 aromatic rings. The van der Waals surface area contributed by atoms with Gasteiger partial charge in [0, 0.05) is 0 Å². The van der Waals surface area contributed by atoms with E-state index < -0.39 is 0 Å². The smallest absolute Gasteiger partial charge is 0.00139 e. The molecule has 0 spiro atoms. The quantitative estimate of drug-likeness (QED) is 0.134. The largest absolute Gasteiger partial charge is 0.0622 e. The van der Waals surface area contributed by atoms with E-state index in [0.29, 0.717) is 0 Å². The Hall–Kier alpha value is -8.32. The molecule has 0 aliphatic rings. The van der Waals surface area contributed by atoms with Crippen LogP contribution in [0.1, 0.15) is 22.3 Å². The van der Waals surface area contributed by atoms with Crippen LogP contribution in [0, 0.1) is 27.7 Å². The molecule has 68 heavy (non-hydrogen) atoms. The van der Waals surface area contributed by atoms with Gasteiger partial charge >= 0.3 is 0 Å². The third-order valence-corrected chi connectivity index (χ3v) is 14.4. The summed E-state index contributed by atoms with van der Waals surface area (Å²) in [6.45, 7) is 9.13. The lowest BCUT2D eigenvalue weighted by Crippen LogP contribution is -1.99. The topological polar surface area (TPSA) is 0 Å². The van der Waals surface area contributed by atoms with Gasteiger partial charge in [-0.1, -0.05) is 218 Å². The second-order valence-electron chi connectivity index (χ2n) is 18.5. The molecule has 322 valence electrons. The lowest BCUT2D eigenvalue weighted by molar-refractivity contribution is 1.44. The maximum absolute atomic E-state index is 2.52. The maximum Gasteiger partial charge on any atom is -0.00139 e. The average molecular weight is 867 g/mol. The van der Waals surface area contributed by atoms with E-state index in [9.17, 15) is 0 Å². The van der Waals surface area contributed by atoms with Crippen LogP contribution in [0.15, 0.2) is 231 Å². The molecular weight excluding hydrogens is 817 g/mol. The second kappa shape index (κ2) is 16.8. The highest BCUT2D eigenvalue weighted by Gasteiger charge is 2.26. The fourth-order valence-electron chi connectivity index (χ4n) is 11.4. The van der Waals surface area contributed by atoms with Gasteiger partial charge in [-0.05, 0) is 183 Å². The van der Waals surface area contributed by atoms with Crippen LogP contribution in [0.5, 0.6) is 0 Å². The molecule has 0 aliphatic heterocycles. The predicted molar refractivity (Wildman–Crippen MR) is 293 cm³/mol. The van der Waals surface area contributed by atoms with E-state index in [1.54, 1.807) is 0 Å². The molecule has 0 aromatic heterocycles. The summed E-state index contributed by atoms with van der Waals surface area (Å²) in [5.74, 6) is 0. The van der Waals surface area contributed by atoms with Gasteiger partial charge in [-0.15, -0.1) is 0 Å². The van der Waals surface area contributed by atoms with Crippen molar-refractivity contribution in [2.45, 2.75) is 27.7 Å². The van der Waals surface area contributed by atoms with Gasteiger partial charge in [0.1, 0.15) is 0 Å². The highest BCUT2D eigenvalue weighted by atomic mass is 14.3. The Morgan fingerprint density at radius 2 is 0.412 bits per heavy atom. The number of benzene rings is 12. The zero-order valence-electron chi connectivity index (χ0n) is 38.9. The van der Waals surface area contributed by atoms with Crippen LogP contribution in [0.2, 0.25) is 0 Å². The van der Waals surface area contributed by atoms with Crippen molar-refractivity contribution in [1.82, 2.24) is 0 Å². The van der Waals surface area contributed by atoms with E-state index in [-0.39, 0.29) is 0 Å². The first-order valence-electron chi connectivity index (χ1n) is 23.8. The van der Waals surface area contributed by atoms with Crippen LogP contribution in [0.4, 0.5) is 0 Å². The fourth-order valence-corrected chi connectivity index (χ4v) is 11.4. The van der Waals surface area contributed by atoms with Gasteiger partial charge in [0.2, 0.25) is 0 Å². The van der Waals surface area contributed by atoms with E-state index in [1.807, 2.05) is 0 Å². The zero-order valence-corrected chi connectivity index (χ0v) is 38.9. The van der Waals surface area contributed by atoms with Crippen molar-refractivity contribution in [1.29, 1.82) is 0 Å². The predicted octanol–water partition coefficient (Wildman–Crippen LogP) is 19.2. The molecule has 0 radical (unpaired) electrons. The first-order chi connectivity index (χ1) is 33.4. The summed E-state index contributed by atoms with van der Waals surface area (Å²) >= 11 is 0. The van der Waals surface area contributed by atoms with Gasteiger partial charge in [0.05, 0.1) is 0 Å². The Balaban J connectivity index is 1.30. The highest BCUT2D eigenvalue weighted by Crippen LogP contribution is 2.53. The van der Waals surface area contributed by atoms with Crippen LogP contribution in [0.3, 0.4) is 0 Å². The minimum Gasteiger partial charge on any atom is -0.0622 e. The van der Waals surface area contributed by atoms with Crippen molar-refractivity contribution in [3.63, 3.8) is 0 Å². The van der Waals surface area contributed by atoms with Gasteiger partial charge in [-0.3, -0.25) is 0 Å². The number of hydrogen-bond donors (Lipinski definition) is 0. The van der Waals surface area contributed by atoms with Gasteiger partial charge in [0.15, 0.2) is 0 Å². The molecule has 0 atom stereocenters. The molecule has 0 heterocycles. The molecule has 0 saturated heterocycles. The van der Waals surface area contributed by atoms with Crippen LogP contribution in [-0.4, -0.2) is 0 Å². The molecule has 0 bridgehead atoms. The third-order valence-electron chi connectivity index (χ3n) is 14.4. The lowest BCUT2D eigenvalue weighted by atomic mass is 9.77. The number of hydrogen-bond acceptors (Lipinski definition) is 0. The van der Waals surface area contributed by atoms with Crippen molar-refractivity contribution < 1.29 is 0 Å². The van der Waals surface area contributed by atoms with Crippen molar-refractivity contribution in [2.24, 2.45) is 0 Å². The third kappa shape index (κ3) is 6.75. The highest BCUT2D eigenvalue weighted by molar-refractivity contribution is 6.33. The van der Waals surface area contributed by atoms with E-state index in [4.69, 9.17) is 0 Å². The second-order valence-corrected chi connectivity index (χ2v) is 18.5. The molecule has 0 nitrogen and oxygen atoms in total. The monoisotopic (exact) mass is 866 g/mol. The van der Waals surface area contributed by atoms with Crippen molar-refractivity contribution >= 4 is 32.3 Å². The minimum atomic E-state index is 1.21. The molecule has 0 amide bonds. The Morgan fingerprint density at radius 1 is 0.191 bits per heavy atom. The minimum absolute atomic E-state index is 1.21. The van der Waals surface area contributed by atoms with Gasteiger partial charge in [0.25, 0.3) is 0 Å². The van der Waals surface area contributed by atoms with Crippen LogP contribution in [-0.2, 0) is 0 Å². The average Bonchev–Trinajstić information content (AvgIpc) is 3.39. The Bertz CT molecular complexity index is 3340. The van der Waals surface area contributed by atoms with Crippen LogP contribution >= 0.6 is 0 Å². The molecular formula is C68H50. The summed E-state index contributed by atoms with van der Waals surface area (Å²) in [6, 6.07) is 85.7. The molecule has 0 unspecified atom stereocenters. The summed E-state index contributed by atoms with van der Waals surface area (Å²) in [6.07, 6.45) is 0. The first-order valence-corrected chi connectivity index (χ1v) is 23.8. The Morgan fingerprint density at radius 3 is 0.632 bits per heavy atom. The summed E-state index contributed by atoms with van der Waals surface area (Å²) in [7, 11) is 0. The van der Waals surface area contributed by atoms with Crippen LogP contribution in [0.25, 0.3) is 121 Å². The lowest BCUT2D eigenvalue weighted by Gasteiger charge is -2.25. The summed E-state index contributed by atoms with van der Waals surface area (Å²) < 4.78 is 0. The normalized spacial score (nSPS) is 11.5. The molecule has 0 heteroatoms. The summed E-state index contributed by atoms with van der Waals surface area (Å²) in [4.78, 5) is 0. The standard InChI is InChI=1S/C68H50/c1-43-21-17-33-51(47-25-9-5-10-26-47)63(43)59-41-60(64-44(2)22-18-34-52(64)48-27-11-6-12-28-48)56-39-40-58-62(66-46(4)24-20-36-54(66)50-31-15-8-16-32-50)42-61(57-38-37-55(59)67(56)68(57)58)65-45(3)23-19-35-53(65)49-29-13-7-14-30-49/h5-42H,1-4H3. The first kappa shape index (κ1) is 41.1. The van der Waals surface area contributed by atoms with Crippen molar-refractivity contribution in [3.05, 3.63) is 253 Å². The number of rotatable bonds is 8. The molecule has 12 aromatic carbocycles. The SMILES string of the molecule is Cc1cccc(-c2ccccc2)c1-c1cc(-c2c(C)cccc2-c2ccccc2)c2ccc3c(-c4c(C)cccc4-c4ccccc4)cc(-c4c(C)cccc4-c4ccccc4)c4ccc1c2c43. The van der Waals surface area contributed by atoms with Crippen molar-refractivity contribution in [2.75, 3.05) is 0 Å². The number of aryl methyl sites for hydroxylation is 4. The zero-order chi connectivity index (χ0) is 45.9. The van der Waals surface area contributed by atoms with E-state index >= 15 is 0 Å². The van der Waals surface area contributed by atoms with E-state index in [0.717, 1.165) is 0 Å². The molecule has 0 aliphatic carbocycles. The molecule has 0 N–H and O–H groups in total. The molecule has 12 rings (SSSR count). The van der Waals surface area contributed by atoms with Gasteiger partial charge < -0.3 is 0 Å².